The van der Waals surface area contributed by atoms with Crippen molar-refractivity contribution in [2.45, 2.75) is 45.5 Å². The van der Waals surface area contributed by atoms with E-state index < -0.39 is 51.5 Å². The van der Waals surface area contributed by atoms with Gasteiger partial charge in [-0.05, 0) is 67.3 Å². The number of hydrogen-bond acceptors (Lipinski definition) is 6. The van der Waals surface area contributed by atoms with Gasteiger partial charge >= 0.3 is 6.18 Å². The smallest absolute Gasteiger partial charge is 0.422 e. The highest BCUT2D eigenvalue weighted by Crippen LogP contribution is 2.38. The molecule has 0 bridgehead atoms. The van der Waals surface area contributed by atoms with Gasteiger partial charge in [0.25, 0.3) is 5.91 Å². The van der Waals surface area contributed by atoms with Gasteiger partial charge in [-0.1, -0.05) is 13.0 Å². The van der Waals surface area contributed by atoms with Crippen LogP contribution in [0.3, 0.4) is 0 Å². The number of carbonyl (C=O) groups excluding carboxylic acids is 2. The zero-order valence-corrected chi connectivity index (χ0v) is 23.5. The Kier molecular flexibility index (Phi) is 7.91. The van der Waals surface area contributed by atoms with Crippen LogP contribution in [-0.2, 0) is 33.1 Å². The molecule has 0 aliphatic carbocycles. The molecule has 2 heterocycles. The second-order valence-corrected chi connectivity index (χ2v) is 12.3. The van der Waals surface area contributed by atoms with Crippen molar-refractivity contribution in [1.29, 1.82) is 0 Å². The number of aromatic nitrogens is 2. The molecule has 2 aromatic carbocycles. The van der Waals surface area contributed by atoms with Crippen LogP contribution < -0.4 is 15.4 Å². The van der Waals surface area contributed by atoms with Crippen molar-refractivity contribution < 1.29 is 40.3 Å². The van der Waals surface area contributed by atoms with Crippen molar-refractivity contribution in [3.63, 3.8) is 0 Å². The molecule has 1 atom stereocenters. The highest BCUT2D eigenvalue weighted by Gasteiger charge is 2.41. The van der Waals surface area contributed by atoms with Gasteiger partial charge in [-0.25, -0.2) is 12.8 Å². The predicted octanol–water partition coefficient (Wildman–Crippen LogP) is 4.14. The lowest BCUT2D eigenvalue weighted by Crippen LogP contribution is -2.52. The molecule has 0 fully saturated rings. The van der Waals surface area contributed by atoms with E-state index in [4.69, 9.17) is 4.74 Å². The van der Waals surface area contributed by atoms with Crippen molar-refractivity contribution >= 4 is 27.3 Å². The van der Waals surface area contributed by atoms with Gasteiger partial charge in [-0.15, -0.1) is 0 Å². The maximum Gasteiger partial charge on any atom is 0.422 e. The molecule has 0 saturated heterocycles. The SMILES string of the molecule is CCc1cc(OCC(F)(F)F)ccc1[C@@]1(C)Cn2nc(-c3ccc(F)c(C)c3)c(NC(=O)CS(C)(=O)=O)c2C(=O)N1. The van der Waals surface area contributed by atoms with Gasteiger partial charge in [0, 0.05) is 11.8 Å². The Balaban J connectivity index is 1.78. The summed E-state index contributed by atoms with van der Waals surface area (Å²) < 4.78 is 81.6. The van der Waals surface area contributed by atoms with Crippen LogP contribution in [0.15, 0.2) is 36.4 Å². The number of nitrogens with zero attached hydrogens (tertiary/aromatic N) is 2. The molecule has 0 spiro atoms. The van der Waals surface area contributed by atoms with Gasteiger partial charge < -0.3 is 15.4 Å². The standard InChI is InChI=1S/C27H28F4N4O5S/c1-5-16-11-18(40-14-27(29,30)31)7-8-19(16)26(3)13-35-24(25(37)33-26)23(32-21(36)12-41(4,38)39)22(34-35)17-6-9-20(28)15(2)10-17/h6-11H,5,12-14H2,1-4H3,(H,32,36)(H,33,37)/t26-/m1/s1. The van der Waals surface area contributed by atoms with Crippen molar-refractivity contribution in [3.05, 3.63) is 64.6 Å². The van der Waals surface area contributed by atoms with Crippen LogP contribution in [0.25, 0.3) is 11.3 Å². The van der Waals surface area contributed by atoms with E-state index >= 15 is 0 Å². The summed E-state index contributed by atoms with van der Waals surface area (Å²) in [6.45, 7) is 3.68. The van der Waals surface area contributed by atoms with E-state index in [0.717, 1.165) is 6.26 Å². The highest BCUT2D eigenvalue weighted by molar-refractivity contribution is 7.91. The van der Waals surface area contributed by atoms with Gasteiger partial charge in [0.2, 0.25) is 5.91 Å². The fourth-order valence-corrected chi connectivity index (χ4v) is 5.34. The molecule has 3 aromatic rings. The molecular formula is C27H28F4N4O5S. The highest BCUT2D eigenvalue weighted by atomic mass is 32.2. The molecule has 0 saturated carbocycles. The molecular weight excluding hydrogens is 568 g/mol. The third kappa shape index (κ3) is 6.69. The molecule has 14 heteroatoms. The normalized spacial score (nSPS) is 17.1. The van der Waals surface area contributed by atoms with E-state index in [1.54, 1.807) is 13.0 Å². The van der Waals surface area contributed by atoms with Gasteiger partial charge in [0.05, 0.1) is 12.1 Å². The first-order valence-electron chi connectivity index (χ1n) is 12.5. The zero-order valence-electron chi connectivity index (χ0n) is 22.6. The summed E-state index contributed by atoms with van der Waals surface area (Å²) in [5.41, 5.74) is 0.923. The molecule has 9 nitrogen and oxygen atoms in total. The molecule has 1 aliphatic rings. The van der Waals surface area contributed by atoms with Crippen molar-refractivity contribution in [3.8, 4) is 17.0 Å². The molecule has 220 valence electrons. The van der Waals surface area contributed by atoms with E-state index in [0.29, 0.717) is 23.1 Å². The molecule has 41 heavy (non-hydrogen) atoms. The minimum absolute atomic E-state index is 0.0262. The lowest BCUT2D eigenvalue weighted by Gasteiger charge is -2.37. The minimum atomic E-state index is -4.50. The Morgan fingerprint density at radius 2 is 1.93 bits per heavy atom. The molecule has 1 aliphatic heterocycles. The van der Waals surface area contributed by atoms with Crippen LogP contribution in [0, 0.1) is 12.7 Å². The number of anilines is 1. The van der Waals surface area contributed by atoms with Crippen molar-refractivity contribution in [2.24, 2.45) is 0 Å². The molecule has 2 amide bonds. The number of fused-ring (bicyclic) bond motifs is 1. The number of amides is 2. The monoisotopic (exact) mass is 596 g/mol. The first kappa shape index (κ1) is 30.0. The minimum Gasteiger partial charge on any atom is -0.484 e. The second-order valence-electron chi connectivity index (χ2n) is 10.2. The van der Waals surface area contributed by atoms with Crippen LogP contribution in [0.4, 0.5) is 23.2 Å². The Bertz CT molecular complexity index is 1630. The van der Waals surface area contributed by atoms with Crippen LogP contribution in [0.2, 0.25) is 0 Å². The number of carbonyl (C=O) groups is 2. The average Bonchev–Trinajstić information content (AvgIpc) is 3.20. The lowest BCUT2D eigenvalue weighted by molar-refractivity contribution is -0.153. The first-order valence-corrected chi connectivity index (χ1v) is 14.6. The van der Waals surface area contributed by atoms with E-state index in [1.165, 1.54) is 41.9 Å². The van der Waals surface area contributed by atoms with Gasteiger partial charge in [-0.3, -0.25) is 14.3 Å². The Hall–Kier alpha value is -3.94. The maximum atomic E-state index is 14.0. The number of halogens is 4. The quantitative estimate of drug-likeness (QED) is 0.378. The summed E-state index contributed by atoms with van der Waals surface area (Å²) in [7, 11) is -3.69. The van der Waals surface area contributed by atoms with Gasteiger partial charge in [0.15, 0.2) is 22.1 Å². The number of nitrogens with one attached hydrogen (secondary N) is 2. The summed E-state index contributed by atoms with van der Waals surface area (Å²) >= 11 is 0. The number of benzene rings is 2. The molecule has 1 aromatic heterocycles. The van der Waals surface area contributed by atoms with Crippen LogP contribution in [-0.4, -0.2) is 54.8 Å². The molecule has 2 N–H and O–H groups in total. The van der Waals surface area contributed by atoms with Crippen LogP contribution in [0.5, 0.6) is 5.75 Å². The van der Waals surface area contributed by atoms with Gasteiger partial charge in [-0.2, -0.15) is 18.3 Å². The van der Waals surface area contributed by atoms with Crippen LogP contribution >= 0.6 is 0 Å². The number of hydrogen-bond donors (Lipinski definition) is 2. The lowest BCUT2D eigenvalue weighted by atomic mass is 9.85. The summed E-state index contributed by atoms with van der Waals surface area (Å²) in [4.78, 5) is 26.2. The zero-order chi connectivity index (χ0) is 30.3. The predicted molar refractivity (Wildman–Crippen MR) is 143 cm³/mol. The second kappa shape index (κ2) is 10.8. The number of ether oxygens (including phenoxy) is 1. The Morgan fingerprint density at radius 1 is 1.22 bits per heavy atom. The van der Waals surface area contributed by atoms with E-state index in [1.807, 2.05) is 6.92 Å². The van der Waals surface area contributed by atoms with Gasteiger partial charge in [0.1, 0.15) is 28.7 Å². The Labute approximate surface area is 233 Å². The number of sulfone groups is 1. The third-order valence-electron chi connectivity index (χ3n) is 6.57. The molecule has 0 unspecified atom stereocenters. The number of aryl methyl sites for hydroxylation is 2. The van der Waals surface area contributed by atoms with Crippen LogP contribution in [0.1, 0.15) is 41.0 Å². The third-order valence-corrected chi connectivity index (χ3v) is 7.35. The van der Waals surface area contributed by atoms with E-state index in [-0.39, 0.29) is 34.9 Å². The molecule has 0 radical (unpaired) electrons. The van der Waals surface area contributed by atoms with E-state index in [9.17, 15) is 35.6 Å². The fraction of sp³-hybridized carbons (Fsp3) is 0.370. The summed E-state index contributed by atoms with van der Waals surface area (Å²) in [6, 6.07) is 8.58. The van der Waals surface area contributed by atoms with Crippen molar-refractivity contribution in [2.75, 3.05) is 23.9 Å². The summed E-state index contributed by atoms with van der Waals surface area (Å²) in [5, 5.41) is 9.97. The Morgan fingerprint density at radius 3 is 2.54 bits per heavy atom. The number of alkyl halides is 3. The fourth-order valence-electron chi connectivity index (χ4n) is 4.79. The number of rotatable bonds is 8. The topological polar surface area (TPSA) is 119 Å². The largest absolute Gasteiger partial charge is 0.484 e. The average molecular weight is 597 g/mol. The molecule has 4 rings (SSSR count). The maximum absolute atomic E-state index is 14.0. The summed E-state index contributed by atoms with van der Waals surface area (Å²) in [5.74, 6) is -2.79. The van der Waals surface area contributed by atoms with E-state index in [2.05, 4.69) is 15.7 Å². The van der Waals surface area contributed by atoms with Crippen molar-refractivity contribution in [1.82, 2.24) is 15.1 Å². The summed E-state index contributed by atoms with van der Waals surface area (Å²) in [6.07, 6.45) is -3.18. The first-order chi connectivity index (χ1) is 19.0.